The summed E-state index contributed by atoms with van der Waals surface area (Å²) in [4.78, 5) is 0. The van der Waals surface area contributed by atoms with E-state index in [1.165, 1.54) is 48.5 Å². The summed E-state index contributed by atoms with van der Waals surface area (Å²) < 4.78 is 18.9. The number of benzene rings is 4. The molecule has 3 aliphatic heterocycles. The number of hydrogen-bond acceptors (Lipinski definition) is 10. The molecule has 3 heterocycles. The Morgan fingerprint density at radius 2 is 1.30 bits per heavy atom. The highest BCUT2D eigenvalue weighted by atomic mass is 16.7. The first-order valence-corrected chi connectivity index (χ1v) is 12.6. The Kier molecular flexibility index (Phi) is 5.06. The van der Waals surface area contributed by atoms with Gasteiger partial charge in [-0.05, 0) is 42.0 Å². The Balaban J connectivity index is 1.47. The first-order valence-electron chi connectivity index (χ1n) is 12.6. The number of phenolic OH excluding ortho intramolecular Hbond substituents is 5. The molecule has 10 nitrogen and oxygen atoms in total. The number of aliphatic hydroxyl groups excluding tert-OH is 2. The molecule has 0 saturated heterocycles. The zero-order valence-corrected chi connectivity index (χ0v) is 20.7. The van der Waals surface area contributed by atoms with E-state index >= 15 is 0 Å². The first kappa shape index (κ1) is 24.3. The Labute approximate surface area is 227 Å². The van der Waals surface area contributed by atoms with Gasteiger partial charge in [0.25, 0.3) is 0 Å². The predicted octanol–water partition coefficient (Wildman–Crippen LogP) is 3.38. The molecule has 204 valence electrons. The second-order valence-electron chi connectivity index (χ2n) is 10.2. The van der Waals surface area contributed by atoms with Crippen molar-refractivity contribution >= 4 is 0 Å². The molecule has 0 aromatic heterocycles. The van der Waals surface area contributed by atoms with Gasteiger partial charge in [0, 0.05) is 46.9 Å². The molecule has 7 N–H and O–H groups in total. The van der Waals surface area contributed by atoms with Crippen LogP contribution in [-0.4, -0.2) is 48.0 Å². The molecule has 3 aliphatic rings. The highest BCUT2D eigenvalue weighted by molar-refractivity contribution is 5.67. The van der Waals surface area contributed by atoms with Gasteiger partial charge < -0.3 is 50.0 Å². The minimum atomic E-state index is -1.89. The van der Waals surface area contributed by atoms with Crippen molar-refractivity contribution in [3.63, 3.8) is 0 Å². The average molecular weight is 545 g/mol. The molecule has 0 saturated carbocycles. The predicted molar refractivity (Wildman–Crippen MR) is 138 cm³/mol. The van der Waals surface area contributed by atoms with E-state index in [-0.39, 0.29) is 58.0 Å². The van der Waals surface area contributed by atoms with Crippen molar-refractivity contribution < 1.29 is 50.0 Å². The van der Waals surface area contributed by atoms with Gasteiger partial charge in [0.1, 0.15) is 58.2 Å². The number of ether oxygens (including phenoxy) is 3. The standard InChI is InChI=1S/C30H24O10/c31-15-5-1-13(2-6-15)27-21(36)11-18-19(34)12-23-25(28(18)38-27)26-24-20(35)9-17(33)10-22(24)39-30(40-23,29(26)37)14-3-7-16(32)8-4-14/h1-10,12,21,26-27,29,31-37H,11H2/t21-,26+,27-,29-,30-/m1/s1. The summed E-state index contributed by atoms with van der Waals surface area (Å²) in [5.74, 6) is -3.36. The first-order chi connectivity index (χ1) is 19.2. The van der Waals surface area contributed by atoms with Gasteiger partial charge in [-0.2, -0.15) is 0 Å². The molecule has 5 atom stereocenters. The quantitative estimate of drug-likeness (QED) is 0.199. The second-order valence-corrected chi connectivity index (χ2v) is 10.2. The van der Waals surface area contributed by atoms with Crippen LogP contribution in [0.15, 0.2) is 66.7 Å². The SMILES string of the molecule is Oc1ccc([C@H]2Oc3c(c(O)cc4c3[C@@H]3c5c(O)cc(O)cc5O[C@](c5ccc(O)cc5)(O4)[C@@H]3O)C[C@H]2O)cc1. The molecule has 2 bridgehead atoms. The van der Waals surface area contributed by atoms with Crippen LogP contribution < -0.4 is 14.2 Å². The largest absolute Gasteiger partial charge is 0.508 e. The molecular formula is C30H24O10. The zero-order chi connectivity index (χ0) is 27.9. The Hall–Kier alpha value is -4.80. The lowest BCUT2D eigenvalue weighted by molar-refractivity contribution is -0.219. The van der Waals surface area contributed by atoms with Crippen LogP contribution in [0, 0.1) is 0 Å². The monoisotopic (exact) mass is 544 g/mol. The maximum Gasteiger partial charge on any atom is 0.305 e. The van der Waals surface area contributed by atoms with Crippen molar-refractivity contribution in [3.05, 3.63) is 94.5 Å². The molecule has 40 heavy (non-hydrogen) atoms. The van der Waals surface area contributed by atoms with Crippen molar-refractivity contribution in [3.8, 4) is 46.0 Å². The van der Waals surface area contributed by atoms with Crippen LogP contribution >= 0.6 is 0 Å². The molecule has 0 radical (unpaired) electrons. The van der Waals surface area contributed by atoms with E-state index in [0.717, 1.165) is 6.07 Å². The summed E-state index contributed by atoms with van der Waals surface area (Å²) in [5.41, 5.74) is 1.69. The topological polar surface area (TPSA) is 169 Å². The molecule has 10 heteroatoms. The highest BCUT2D eigenvalue weighted by Gasteiger charge is 2.60. The minimum Gasteiger partial charge on any atom is -0.508 e. The van der Waals surface area contributed by atoms with Gasteiger partial charge in [-0.15, -0.1) is 0 Å². The normalized spacial score (nSPS) is 25.9. The molecule has 0 aliphatic carbocycles. The van der Waals surface area contributed by atoms with Crippen molar-refractivity contribution in [1.82, 2.24) is 0 Å². The van der Waals surface area contributed by atoms with Gasteiger partial charge in [-0.25, -0.2) is 0 Å². The Morgan fingerprint density at radius 1 is 0.675 bits per heavy atom. The third kappa shape index (κ3) is 3.36. The van der Waals surface area contributed by atoms with Crippen molar-refractivity contribution in [1.29, 1.82) is 0 Å². The van der Waals surface area contributed by atoms with E-state index < -0.39 is 30.0 Å². The molecule has 0 unspecified atom stereocenters. The van der Waals surface area contributed by atoms with Crippen LogP contribution in [0.4, 0.5) is 0 Å². The van der Waals surface area contributed by atoms with E-state index in [4.69, 9.17) is 14.2 Å². The molecule has 4 aromatic carbocycles. The second kappa shape index (κ2) is 8.35. The number of rotatable bonds is 2. The van der Waals surface area contributed by atoms with Crippen LogP contribution in [0.2, 0.25) is 0 Å². The van der Waals surface area contributed by atoms with E-state index in [2.05, 4.69) is 0 Å². The van der Waals surface area contributed by atoms with E-state index in [0.29, 0.717) is 22.3 Å². The van der Waals surface area contributed by atoms with Crippen LogP contribution in [0.5, 0.6) is 46.0 Å². The van der Waals surface area contributed by atoms with E-state index in [1.54, 1.807) is 12.1 Å². The third-order valence-electron chi connectivity index (χ3n) is 7.82. The van der Waals surface area contributed by atoms with Gasteiger partial charge in [-0.3, -0.25) is 0 Å². The summed E-state index contributed by atoms with van der Waals surface area (Å²) in [7, 11) is 0. The molecule has 7 rings (SSSR count). The Bertz CT molecular complexity index is 1650. The summed E-state index contributed by atoms with van der Waals surface area (Å²) in [6.45, 7) is 0. The van der Waals surface area contributed by atoms with Crippen LogP contribution in [0.3, 0.4) is 0 Å². The number of fused-ring (bicyclic) bond motifs is 8. The fraction of sp³-hybridized carbons (Fsp3) is 0.200. The summed E-state index contributed by atoms with van der Waals surface area (Å²) in [6.07, 6.45) is -3.38. The van der Waals surface area contributed by atoms with Gasteiger partial charge in [0.05, 0.1) is 12.0 Å². The molecule has 0 spiro atoms. The molecule has 0 fully saturated rings. The van der Waals surface area contributed by atoms with Crippen LogP contribution in [-0.2, 0) is 12.2 Å². The highest BCUT2D eigenvalue weighted by Crippen LogP contribution is 2.62. The van der Waals surface area contributed by atoms with Gasteiger partial charge in [-0.1, -0.05) is 12.1 Å². The van der Waals surface area contributed by atoms with Crippen LogP contribution in [0.25, 0.3) is 0 Å². The van der Waals surface area contributed by atoms with Crippen molar-refractivity contribution in [2.24, 2.45) is 0 Å². The zero-order valence-electron chi connectivity index (χ0n) is 20.7. The maximum absolute atomic E-state index is 11.9. The van der Waals surface area contributed by atoms with E-state index in [9.17, 15) is 35.7 Å². The lowest BCUT2D eigenvalue weighted by atomic mass is 9.74. The number of aromatic hydroxyl groups is 5. The van der Waals surface area contributed by atoms with Gasteiger partial charge >= 0.3 is 5.79 Å². The van der Waals surface area contributed by atoms with Gasteiger partial charge in [0.15, 0.2) is 0 Å². The molecular weight excluding hydrogens is 520 g/mol. The lowest BCUT2D eigenvalue weighted by Crippen LogP contribution is -2.57. The number of hydrogen-bond donors (Lipinski definition) is 7. The lowest BCUT2D eigenvalue weighted by Gasteiger charge is -2.50. The summed E-state index contributed by atoms with van der Waals surface area (Å²) >= 11 is 0. The molecule has 0 amide bonds. The number of aliphatic hydroxyl groups is 2. The fourth-order valence-electron chi connectivity index (χ4n) is 5.99. The van der Waals surface area contributed by atoms with Crippen molar-refractivity contribution in [2.75, 3.05) is 0 Å². The van der Waals surface area contributed by atoms with Crippen LogP contribution in [0.1, 0.15) is 39.8 Å². The minimum absolute atomic E-state index is 0.0107. The molecule has 4 aromatic rings. The van der Waals surface area contributed by atoms with Crippen molar-refractivity contribution in [2.45, 2.75) is 36.4 Å². The van der Waals surface area contributed by atoms with E-state index in [1.807, 2.05) is 0 Å². The summed E-state index contributed by atoms with van der Waals surface area (Å²) in [6, 6.07) is 15.8. The summed E-state index contributed by atoms with van der Waals surface area (Å²) in [5, 5.41) is 74.7. The maximum atomic E-state index is 11.9. The number of phenols is 5. The average Bonchev–Trinajstić information content (AvgIpc) is 2.90. The Morgan fingerprint density at radius 3 is 1.98 bits per heavy atom. The third-order valence-corrected chi connectivity index (χ3v) is 7.82. The fourth-order valence-corrected chi connectivity index (χ4v) is 5.99. The van der Waals surface area contributed by atoms with Gasteiger partial charge in [0.2, 0.25) is 0 Å². The smallest absolute Gasteiger partial charge is 0.305 e.